The van der Waals surface area contributed by atoms with Crippen molar-refractivity contribution in [3.05, 3.63) is 11.6 Å². The van der Waals surface area contributed by atoms with Crippen molar-refractivity contribution in [2.75, 3.05) is 20.0 Å². The SMILES string of the molecule is CCCCCCOCOC1C[C@@]2(C)C(=CC1=O)CC[C@@H]1[C@@H]2[C@@H](O)C[C@]2(C)[C@@H](C(=O)CO)CC[C@@H]12. The van der Waals surface area contributed by atoms with Gasteiger partial charge in [-0.25, -0.2) is 0 Å². The molecule has 4 aliphatic carbocycles. The number of aliphatic hydroxyl groups is 2. The summed E-state index contributed by atoms with van der Waals surface area (Å²) >= 11 is 0. The van der Waals surface area contributed by atoms with E-state index >= 15 is 0 Å². The zero-order valence-electron chi connectivity index (χ0n) is 21.3. The quantitative estimate of drug-likeness (QED) is 0.362. The predicted molar refractivity (Wildman–Crippen MR) is 129 cm³/mol. The summed E-state index contributed by atoms with van der Waals surface area (Å²) in [5.74, 6) is 0.512. The van der Waals surface area contributed by atoms with Crippen LogP contribution in [0.25, 0.3) is 0 Å². The van der Waals surface area contributed by atoms with E-state index in [0.29, 0.717) is 31.3 Å². The molecule has 192 valence electrons. The molecule has 34 heavy (non-hydrogen) atoms. The van der Waals surface area contributed by atoms with Crippen LogP contribution in [0, 0.1) is 34.5 Å². The Balaban J connectivity index is 1.46. The van der Waals surface area contributed by atoms with Crippen LogP contribution in [0.5, 0.6) is 0 Å². The Labute approximate surface area is 204 Å². The second kappa shape index (κ2) is 10.5. The number of aliphatic hydroxyl groups excluding tert-OH is 2. The molecular weight excluding hydrogens is 432 g/mol. The molecule has 0 amide bonds. The largest absolute Gasteiger partial charge is 0.393 e. The summed E-state index contributed by atoms with van der Waals surface area (Å²) in [6.45, 7) is 6.91. The van der Waals surface area contributed by atoms with Gasteiger partial charge in [0, 0.05) is 12.5 Å². The molecule has 4 aliphatic rings. The second-order valence-electron chi connectivity index (χ2n) is 11.8. The van der Waals surface area contributed by atoms with Gasteiger partial charge < -0.3 is 19.7 Å². The monoisotopic (exact) mass is 476 g/mol. The summed E-state index contributed by atoms with van der Waals surface area (Å²) < 4.78 is 11.6. The van der Waals surface area contributed by atoms with Gasteiger partial charge in [-0.3, -0.25) is 9.59 Å². The smallest absolute Gasteiger partial charge is 0.184 e. The molecule has 0 bridgehead atoms. The molecule has 0 aliphatic heterocycles. The highest BCUT2D eigenvalue weighted by atomic mass is 16.7. The number of rotatable bonds is 10. The Morgan fingerprint density at radius 1 is 1.15 bits per heavy atom. The van der Waals surface area contributed by atoms with E-state index in [9.17, 15) is 19.8 Å². The number of hydrogen-bond donors (Lipinski definition) is 2. The lowest BCUT2D eigenvalue weighted by Crippen LogP contribution is -2.58. The Kier molecular flexibility index (Phi) is 8.03. The van der Waals surface area contributed by atoms with Crippen LogP contribution in [-0.2, 0) is 19.1 Å². The first-order chi connectivity index (χ1) is 16.3. The van der Waals surface area contributed by atoms with Crippen LogP contribution < -0.4 is 0 Å². The molecule has 0 aromatic heterocycles. The fraction of sp³-hybridized carbons (Fsp3) is 0.857. The summed E-state index contributed by atoms with van der Waals surface area (Å²) in [6.07, 6.45) is 10.0. The molecule has 0 saturated heterocycles. The van der Waals surface area contributed by atoms with E-state index < -0.39 is 18.8 Å². The van der Waals surface area contributed by atoms with Crippen LogP contribution in [0.4, 0.5) is 0 Å². The topological polar surface area (TPSA) is 93.1 Å². The number of fused-ring (bicyclic) bond motifs is 5. The second-order valence-corrected chi connectivity index (χ2v) is 11.8. The highest BCUT2D eigenvalue weighted by Gasteiger charge is 2.63. The highest BCUT2D eigenvalue weighted by Crippen LogP contribution is 2.66. The van der Waals surface area contributed by atoms with Crippen LogP contribution in [0.2, 0.25) is 0 Å². The highest BCUT2D eigenvalue weighted by molar-refractivity contribution is 5.95. The van der Waals surface area contributed by atoms with Crippen LogP contribution in [0.15, 0.2) is 11.6 Å². The van der Waals surface area contributed by atoms with Gasteiger partial charge in [-0.1, -0.05) is 45.6 Å². The molecule has 0 spiro atoms. The number of carbonyl (C=O) groups excluding carboxylic acids is 2. The lowest BCUT2D eigenvalue weighted by atomic mass is 9.45. The maximum absolute atomic E-state index is 12.8. The maximum atomic E-state index is 12.8. The van der Waals surface area contributed by atoms with Crippen molar-refractivity contribution in [3.63, 3.8) is 0 Å². The van der Waals surface area contributed by atoms with Crippen LogP contribution in [0.3, 0.4) is 0 Å². The molecule has 0 heterocycles. The summed E-state index contributed by atoms with van der Waals surface area (Å²) in [4.78, 5) is 25.3. The third kappa shape index (κ3) is 4.56. The van der Waals surface area contributed by atoms with Gasteiger partial charge in [-0.05, 0) is 79.6 Å². The lowest BCUT2D eigenvalue weighted by molar-refractivity contribution is -0.162. The Bertz CT molecular complexity index is 792. The number of unbranched alkanes of at least 4 members (excludes halogenated alkanes) is 3. The summed E-state index contributed by atoms with van der Waals surface area (Å²) in [5.41, 5.74) is 0.606. The van der Waals surface area contributed by atoms with Crippen LogP contribution in [0.1, 0.15) is 85.0 Å². The van der Waals surface area contributed by atoms with E-state index in [1.807, 2.05) is 0 Å². The number of allylic oxidation sites excluding steroid dienone is 1. The van der Waals surface area contributed by atoms with E-state index in [1.165, 1.54) is 12.8 Å². The molecule has 4 rings (SSSR count). The van der Waals surface area contributed by atoms with Gasteiger partial charge >= 0.3 is 0 Å². The average molecular weight is 477 g/mol. The minimum atomic E-state index is -0.532. The Morgan fingerprint density at radius 3 is 2.68 bits per heavy atom. The fourth-order valence-electron chi connectivity index (χ4n) is 8.33. The number of carbonyl (C=O) groups is 2. The van der Waals surface area contributed by atoms with E-state index in [-0.39, 0.29) is 41.0 Å². The van der Waals surface area contributed by atoms with Gasteiger partial charge in [-0.2, -0.15) is 0 Å². The first kappa shape index (κ1) is 26.0. The van der Waals surface area contributed by atoms with Crippen molar-refractivity contribution in [1.82, 2.24) is 0 Å². The number of ether oxygens (including phenoxy) is 2. The maximum Gasteiger partial charge on any atom is 0.184 e. The van der Waals surface area contributed by atoms with Crippen molar-refractivity contribution in [3.8, 4) is 0 Å². The molecule has 0 radical (unpaired) electrons. The molecule has 6 nitrogen and oxygen atoms in total. The van der Waals surface area contributed by atoms with E-state index in [0.717, 1.165) is 44.1 Å². The molecule has 0 aromatic carbocycles. The first-order valence-electron chi connectivity index (χ1n) is 13.5. The Morgan fingerprint density at radius 2 is 1.94 bits per heavy atom. The van der Waals surface area contributed by atoms with Crippen LogP contribution in [-0.4, -0.2) is 54.0 Å². The molecule has 2 N–H and O–H groups in total. The van der Waals surface area contributed by atoms with Crippen molar-refractivity contribution in [1.29, 1.82) is 0 Å². The summed E-state index contributed by atoms with van der Waals surface area (Å²) in [6, 6.07) is 0. The molecule has 0 aromatic rings. The van der Waals surface area contributed by atoms with Crippen molar-refractivity contribution in [2.24, 2.45) is 34.5 Å². The zero-order chi connectivity index (χ0) is 24.5. The number of Topliss-reactive ketones (excluding diaryl/α,β-unsaturated/α-hetero) is 1. The van der Waals surface area contributed by atoms with Gasteiger partial charge in [0.25, 0.3) is 0 Å². The van der Waals surface area contributed by atoms with Gasteiger partial charge in [-0.15, -0.1) is 0 Å². The van der Waals surface area contributed by atoms with Gasteiger partial charge in [0.1, 0.15) is 19.5 Å². The van der Waals surface area contributed by atoms with Gasteiger partial charge in [0.15, 0.2) is 11.6 Å². The number of ketones is 2. The predicted octanol–water partition coefficient (Wildman–Crippen LogP) is 4.22. The minimum Gasteiger partial charge on any atom is -0.393 e. The van der Waals surface area contributed by atoms with Crippen molar-refractivity contribution >= 4 is 11.6 Å². The molecule has 1 unspecified atom stereocenters. The average Bonchev–Trinajstić information content (AvgIpc) is 3.14. The molecular formula is C28H44O6. The molecule has 3 saturated carbocycles. The van der Waals surface area contributed by atoms with Gasteiger partial charge in [0.2, 0.25) is 0 Å². The first-order valence-corrected chi connectivity index (χ1v) is 13.5. The summed E-state index contributed by atoms with van der Waals surface area (Å²) in [5, 5.41) is 21.0. The minimum absolute atomic E-state index is 0.0186. The standard InChI is InChI=1S/C28H44O6/c1-4-5-6-7-12-33-17-34-25-15-27(2)18(13-22(25)30)8-9-19-20-10-11-21(24(32)16-29)28(20,3)14-23(31)26(19)27/h13,19-21,23,25-26,29,31H,4-12,14-17H2,1-3H3/t19-,20-,21+,23-,25?,26+,27-,28-/m0/s1. The molecule has 3 fully saturated rings. The fourth-order valence-corrected chi connectivity index (χ4v) is 8.33. The zero-order valence-corrected chi connectivity index (χ0v) is 21.3. The molecule has 8 atom stereocenters. The van der Waals surface area contributed by atoms with E-state index in [1.54, 1.807) is 6.08 Å². The normalized spacial score (nSPS) is 41.4. The molecule has 6 heteroatoms. The van der Waals surface area contributed by atoms with Gasteiger partial charge in [0.05, 0.1) is 6.10 Å². The Hall–Kier alpha value is -1.08. The lowest BCUT2D eigenvalue weighted by Gasteiger charge is -2.60. The van der Waals surface area contributed by atoms with Crippen LogP contribution >= 0.6 is 0 Å². The summed E-state index contributed by atoms with van der Waals surface area (Å²) in [7, 11) is 0. The van der Waals surface area contributed by atoms with E-state index in [4.69, 9.17) is 9.47 Å². The number of hydrogen-bond acceptors (Lipinski definition) is 6. The van der Waals surface area contributed by atoms with Crippen molar-refractivity contribution in [2.45, 2.75) is 97.2 Å². The van der Waals surface area contributed by atoms with Crippen molar-refractivity contribution < 1.29 is 29.3 Å². The van der Waals surface area contributed by atoms with E-state index in [2.05, 4.69) is 20.8 Å². The third-order valence-electron chi connectivity index (χ3n) is 9.95. The third-order valence-corrected chi connectivity index (χ3v) is 9.95.